The highest BCUT2D eigenvalue weighted by Gasteiger charge is 2.42. The lowest BCUT2D eigenvalue weighted by Gasteiger charge is -2.47. The Morgan fingerprint density at radius 1 is 1.16 bits per heavy atom. The quantitative estimate of drug-likeness (QED) is 0.792. The first-order chi connectivity index (χ1) is 9.20. The van der Waals surface area contributed by atoms with Crippen LogP contribution in [0.25, 0.3) is 0 Å². The Hall–Kier alpha value is -0.540. The second-order valence-electron chi connectivity index (χ2n) is 6.30. The molecule has 3 nitrogen and oxygen atoms in total. The van der Waals surface area contributed by atoms with Gasteiger partial charge < -0.3 is 15.0 Å². The third-order valence-corrected chi connectivity index (χ3v) is 5.02. The van der Waals surface area contributed by atoms with E-state index in [1.807, 2.05) is 6.26 Å². The zero-order chi connectivity index (χ0) is 13.7. The van der Waals surface area contributed by atoms with Crippen molar-refractivity contribution in [3.63, 3.8) is 0 Å². The summed E-state index contributed by atoms with van der Waals surface area (Å²) in [7, 11) is 6.61. The maximum absolute atomic E-state index is 5.59. The summed E-state index contributed by atoms with van der Waals surface area (Å²) in [5, 5.41) is 3.60. The van der Waals surface area contributed by atoms with E-state index in [4.69, 9.17) is 4.74 Å². The molecule has 0 saturated heterocycles. The van der Waals surface area contributed by atoms with Gasteiger partial charge in [0, 0.05) is 11.6 Å². The summed E-state index contributed by atoms with van der Waals surface area (Å²) >= 11 is 0. The van der Waals surface area contributed by atoms with E-state index in [2.05, 4.69) is 31.4 Å². The van der Waals surface area contributed by atoms with Crippen molar-refractivity contribution in [1.29, 1.82) is 0 Å². The van der Waals surface area contributed by atoms with Crippen LogP contribution in [0.3, 0.4) is 0 Å². The van der Waals surface area contributed by atoms with Crippen molar-refractivity contribution in [2.24, 2.45) is 0 Å². The number of ether oxygens (including phenoxy) is 1. The molecule has 1 aliphatic carbocycles. The molecule has 0 aromatic carbocycles. The predicted molar refractivity (Wildman–Crippen MR) is 80.2 cm³/mol. The van der Waals surface area contributed by atoms with Gasteiger partial charge in [-0.2, -0.15) is 0 Å². The van der Waals surface area contributed by atoms with E-state index in [1.54, 1.807) is 0 Å². The summed E-state index contributed by atoms with van der Waals surface area (Å²) in [6.45, 7) is 0.884. The molecule has 3 heteroatoms. The first kappa shape index (κ1) is 14.9. The van der Waals surface area contributed by atoms with Crippen molar-refractivity contribution in [2.75, 3.05) is 27.7 Å². The van der Waals surface area contributed by atoms with Gasteiger partial charge in [-0.15, -0.1) is 0 Å². The van der Waals surface area contributed by atoms with E-state index in [0.29, 0.717) is 6.04 Å². The Kier molecular flexibility index (Phi) is 5.28. The fourth-order valence-electron chi connectivity index (χ4n) is 3.93. The van der Waals surface area contributed by atoms with Crippen LogP contribution in [0.5, 0.6) is 0 Å². The number of nitrogens with one attached hydrogen (secondary N) is 1. The predicted octanol–water partition coefficient (Wildman–Crippen LogP) is 2.92. The van der Waals surface area contributed by atoms with E-state index in [0.717, 1.165) is 13.0 Å². The lowest BCUT2D eigenvalue weighted by Crippen LogP contribution is -2.59. The zero-order valence-corrected chi connectivity index (χ0v) is 12.9. The lowest BCUT2D eigenvalue weighted by molar-refractivity contribution is 0.0905. The molecule has 0 aromatic rings. The van der Waals surface area contributed by atoms with Crippen molar-refractivity contribution >= 4 is 0 Å². The molecule has 1 aliphatic heterocycles. The second-order valence-corrected chi connectivity index (χ2v) is 6.30. The summed E-state index contributed by atoms with van der Waals surface area (Å²) in [6, 6.07) is 0.431. The highest BCUT2D eigenvalue weighted by atomic mass is 16.5. The van der Waals surface area contributed by atoms with Gasteiger partial charge in [0.05, 0.1) is 12.9 Å². The molecular weight excluding hydrogens is 236 g/mol. The minimum Gasteiger partial charge on any atom is -0.501 e. The molecule has 1 N–H and O–H groups in total. The molecule has 110 valence electrons. The SMILES string of the molecule is CNC(C1=COCCC1)C1(N(C)C)CCCCCC1. The number of hydrogen-bond acceptors (Lipinski definition) is 3. The molecule has 1 atom stereocenters. The molecule has 1 unspecified atom stereocenters. The van der Waals surface area contributed by atoms with Crippen LogP contribution in [0.1, 0.15) is 51.4 Å². The molecule has 19 heavy (non-hydrogen) atoms. The highest BCUT2D eigenvalue weighted by Crippen LogP contribution is 2.38. The van der Waals surface area contributed by atoms with Crippen LogP contribution in [0.4, 0.5) is 0 Å². The van der Waals surface area contributed by atoms with Crippen molar-refractivity contribution in [3.05, 3.63) is 11.8 Å². The summed E-state index contributed by atoms with van der Waals surface area (Å²) in [6.07, 6.45) is 12.4. The lowest BCUT2D eigenvalue weighted by atomic mass is 9.77. The van der Waals surface area contributed by atoms with Crippen LogP contribution >= 0.6 is 0 Å². The monoisotopic (exact) mass is 266 g/mol. The summed E-state index contributed by atoms with van der Waals surface area (Å²) in [5.41, 5.74) is 1.72. The number of rotatable bonds is 4. The Balaban J connectivity index is 2.26. The Bertz CT molecular complexity index is 304. The molecule has 0 aromatic heterocycles. The molecule has 1 heterocycles. The Morgan fingerprint density at radius 2 is 1.84 bits per heavy atom. The van der Waals surface area contributed by atoms with Crippen LogP contribution in [0.2, 0.25) is 0 Å². The van der Waals surface area contributed by atoms with E-state index in [1.165, 1.54) is 50.5 Å². The smallest absolute Gasteiger partial charge is 0.0876 e. The van der Waals surface area contributed by atoms with Crippen LogP contribution in [0, 0.1) is 0 Å². The highest BCUT2D eigenvalue weighted by molar-refractivity contribution is 5.19. The summed E-state index contributed by atoms with van der Waals surface area (Å²) in [4.78, 5) is 2.47. The minimum absolute atomic E-state index is 0.262. The molecule has 0 amide bonds. The number of hydrogen-bond donors (Lipinski definition) is 1. The first-order valence-electron chi connectivity index (χ1n) is 7.86. The van der Waals surface area contributed by atoms with Crippen LogP contribution < -0.4 is 5.32 Å². The standard InChI is InChI=1S/C16H30N2O/c1-17-15(14-9-8-12-19-13-14)16(18(2)3)10-6-4-5-7-11-16/h13,15,17H,4-12H2,1-3H3. The topological polar surface area (TPSA) is 24.5 Å². The van der Waals surface area contributed by atoms with Gasteiger partial charge in [0.2, 0.25) is 0 Å². The van der Waals surface area contributed by atoms with Crippen molar-refractivity contribution in [2.45, 2.75) is 62.9 Å². The van der Waals surface area contributed by atoms with E-state index >= 15 is 0 Å². The fourth-order valence-corrected chi connectivity index (χ4v) is 3.93. The third-order valence-electron chi connectivity index (χ3n) is 5.02. The van der Waals surface area contributed by atoms with E-state index in [9.17, 15) is 0 Å². The zero-order valence-electron chi connectivity index (χ0n) is 12.9. The Morgan fingerprint density at radius 3 is 2.32 bits per heavy atom. The average Bonchev–Trinajstić information content (AvgIpc) is 2.68. The van der Waals surface area contributed by atoms with E-state index < -0.39 is 0 Å². The maximum atomic E-state index is 5.59. The van der Waals surface area contributed by atoms with Gasteiger partial charge in [0.25, 0.3) is 0 Å². The minimum atomic E-state index is 0.262. The number of likely N-dealkylation sites (N-methyl/N-ethyl adjacent to an activating group) is 2. The third kappa shape index (κ3) is 3.14. The van der Waals surface area contributed by atoms with Gasteiger partial charge in [0.1, 0.15) is 0 Å². The number of nitrogens with zero attached hydrogens (tertiary/aromatic N) is 1. The van der Waals surface area contributed by atoms with Gasteiger partial charge in [0.15, 0.2) is 0 Å². The molecule has 1 fully saturated rings. The van der Waals surface area contributed by atoms with Gasteiger partial charge in [-0.3, -0.25) is 0 Å². The Labute approximate surface area is 118 Å². The van der Waals surface area contributed by atoms with Gasteiger partial charge in [-0.05, 0) is 52.4 Å². The van der Waals surface area contributed by atoms with Crippen LogP contribution in [-0.2, 0) is 4.74 Å². The van der Waals surface area contributed by atoms with Gasteiger partial charge >= 0.3 is 0 Å². The molecule has 2 rings (SSSR count). The van der Waals surface area contributed by atoms with Gasteiger partial charge in [-0.1, -0.05) is 25.7 Å². The summed E-state index contributed by atoms with van der Waals surface area (Å²) in [5.74, 6) is 0. The van der Waals surface area contributed by atoms with Crippen LogP contribution in [-0.4, -0.2) is 44.2 Å². The molecule has 0 radical (unpaired) electrons. The molecule has 1 saturated carbocycles. The summed E-state index contributed by atoms with van der Waals surface area (Å²) < 4.78 is 5.59. The van der Waals surface area contributed by atoms with Crippen LogP contribution in [0.15, 0.2) is 11.8 Å². The molecule has 0 bridgehead atoms. The normalized spacial score (nSPS) is 25.4. The molecule has 0 spiro atoms. The van der Waals surface area contributed by atoms with Crippen molar-refractivity contribution < 1.29 is 4.74 Å². The maximum Gasteiger partial charge on any atom is 0.0876 e. The largest absolute Gasteiger partial charge is 0.501 e. The molecule has 2 aliphatic rings. The fraction of sp³-hybridized carbons (Fsp3) is 0.875. The van der Waals surface area contributed by atoms with Gasteiger partial charge in [-0.25, -0.2) is 0 Å². The van der Waals surface area contributed by atoms with Crippen molar-refractivity contribution in [3.8, 4) is 0 Å². The molecular formula is C16H30N2O. The average molecular weight is 266 g/mol. The van der Waals surface area contributed by atoms with E-state index in [-0.39, 0.29) is 5.54 Å². The van der Waals surface area contributed by atoms with Crippen molar-refractivity contribution in [1.82, 2.24) is 10.2 Å². The second kappa shape index (κ2) is 6.76. The first-order valence-corrected chi connectivity index (χ1v) is 7.86.